The van der Waals surface area contributed by atoms with Crippen LogP contribution in [0.15, 0.2) is 18.2 Å². The average Bonchev–Trinajstić information content (AvgIpc) is 2.41. The van der Waals surface area contributed by atoms with Crippen molar-refractivity contribution in [2.45, 2.75) is 19.4 Å². The smallest absolute Gasteiger partial charge is 0.287 e. The van der Waals surface area contributed by atoms with Crippen molar-refractivity contribution >= 4 is 11.4 Å². The summed E-state index contributed by atoms with van der Waals surface area (Å²) in [4.78, 5) is 12.2. The number of anilines is 1. The summed E-state index contributed by atoms with van der Waals surface area (Å²) in [6, 6.07) is 6.33. The maximum Gasteiger partial charge on any atom is 0.287 e. The highest BCUT2D eigenvalue weighted by atomic mass is 16.6. The lowest BCUT2D eigenvalue weighted by molar-refractivity contribution is -0.385. The highest BCUT2D eigenvalue weighted by molar-refractivity contribution is 5.60. The van der Waals surface area contributed by atoms with E-state index in [-0.39, 0.29) is 17.2 Å². The lowest BCUT2D eigenvalue weighted by Crippen LogP contribution is -2.42. The molecule has 1 aromatic rings. The second-order valence-electron chi connectivity index (χ2n) is 4.85. The maximum atomic E-state index is 10.8. The largest absolute Gasteiger partial charge is 0.391 e. The van der Waals surface area contributed by atoms with Crippen LogP contribution in [0.25, 0.3) is 0 Å². The number of aliphatic hydroxyl groups excluding tert-OH is 1. The molecule has 1 saturated heterocycles. The number of nitrogens with zero attached hydrogens (tertiary/aromatic N) is 3. The van der Waals surface area contributed by atoms with Gasteiger partial charge in [-0.2, -0.15) is 5.26 Å². The van der Waals surface area contributed by atoms with Gasteiger partial charge in [-0.05, 0) is 24.5 Å². The van der Waals surface area contributed by atoms with E-state index in [0.29, 0.717) is 6.54 Å². The minimum Gasteiger partial charge on any atom is -0.391 e. The molecule has 1 aliphatic rings. The first-order valence-corrected chi connectivity index (χ1v) is 6.14. The molecule has 0 spiro atoms. The molecule has 1 fully saturated rings. The molecule has 0 bridgehead atoms. The molecule has 1 N–H and O–H groups in total. The molecule has 1 aliphatic heterocycles. The van der Waals surface area contributed by atoms with E-state index in [1.807, 2.05) is 17.9 Å². The first-order chi connectivity index (χ1) is 9.02. The minimum absolute atomic E-state index is 0.0515. The van der Waals surface area contributed by atoms with Crippen LogP contribution < -0.4 is 4.90 Å². The van der Waals surface area contributed by atoms with Crippen molar-refractivity contribution in [2.24, 2.45) is 5.92 Å². The fourth-order valence-electron chi connectivity index (χ4n) is 2.25. The number of nitro benzene ring substituents is 1. The molecule has 0 saturated carbocycles. The number of rotatable bonds is 2. The van der Waals surface area contributed by atoms with Gasteiger partial charge in [-0.1, -0.05) is 6.92 Å². The zero-order valence-corrected chi connectivity index (χ0v) is 10.6. The van der Waals surface area contributed by atoms with Crippen molar-refractivity contribution < 1.29 is 10.0 Å². The van der Waals surface area contributed by atoms with Crippen LogP contribution in [-0.4, -0.2) is 29.2 Å². The Hall–Kier alpha value is -2.13. The molecule has 0 aromatic heterocycles. The zero-order chi connectivity index (χ0) is 14.0. The number of aliphatic hydroxyl groups is 1. The number of hydrogen-bond acceptors (Lipinski definition) is 5. The van der Waals surface area contributed by atoms with E-state index >= 15 is 0 Å². The zero-order valence-electron chi connectivity index (χ0n) is 10.6. The Kier molecular flexibility index (Phi) is 3.67. The molecular formula is C13H15N3O3. The Bertz CT molecular complexity index is 538. The van der Waals surface area contributed by atoms with Gasteiger partial charge < -0.3 is 10.0 Å². The summed E-state index contributed by atoms with van der Waals surface area (Å²) in [7, 11) is 0. The van der Waals surface area contributed by atoms with E-state index in [1.54, 1.807) is 6.07 Å². The first kappa shape index (κ1) is 13.3. The Morgan fingerprint density at radius 2 is 2.32 bits per heavy atom. The van der Waals surface area contributed by atoms with Gasteiger partial charge in [-0.3, -0.25) is 10.1 Å². The van der Waals surface area contributed by atoms with Crippen LogP contribution in [0.2, 0.25) is 0 Å². The number of nitro groups is 1. The van der Waals surface area contributed by atoms with Crippen LogP contribution in [0.3, 0.4) is 0 Å². The van der Waals surface area contributed by atoms with E-state index in [9.17, 15) is 15.2 Å². The second kappa shape index (κ2) is 5.24. The highest BCUT2D eigenvalue weighted by Crippen LogP contribution is 2.27. The van der Waals surface area contributed by atoms with Gasteiger partial charge in [-0.15, -0.1) is 0 Å². The van der Waals surface area contributed by atoms with Crippen molar-refractivity contribution in [2.75, 3.05) is 18.0 Å². The molecule has 0 unspecified atom stereocenters. The Balaban J connectivity index is 2.27. The normalized spacial score (nSPS) is 22.9. The summed E-state index contributed by atoms with van der Waals surface area (Å²) in [6.07, 6.45) is 0.453. The van der Waals surface area contributed by atoms with Gasteiger partial charge in [0.1, 0.15) is 11.6 Å². The third kappa shape index (κ3) is 2.66. The van der Waals surface area contributed by atoms with Gasteiger partial charge >= 0.3 is 0 Å². The van der Waals surface area contributed by atoms with Crippen molar-refractivity contribution in [3.63, 3.8) is 0 Å². The first-order valence-electron chi connectivity index (χ1n) is 6.14. The maximum absolute atomic E-state index is 10.8. The molecule has 0 radical (unpaired) electrons. The van der Waals surface area contributed by atoms with E-state index < -0.39 is 11.0 Å². The van der Waals surface area contributed by atoms with Crippen molar-refractivity contribution in [3.05, 3.63) is 33.9 Å². The molecule has 19 heavy (non-hydrogen) atoms. The predicted octanol–water partition coefficient (Wildman–Crippen LogP) is 1.67. The monoisotopic (exact) mass is 261 g/mol. The van der Waals surface area contributed by atoms with Crippen molar-refractivity contribution in [1.82, 2.24) is 0 Å². The van der Waals surface area contributed by atoms with Crippen LogP contribution in [0.5, 0.6) is 0 Å². The third-order valence-electron chi connectivity index (χ3n) is 3.58. The number of piperidine rings is 1. The predicted molar refractivity (Wildman–Crippen MR) is 69.8 cm³/mol. The van der Waals surface area contributed by atoms with E-state index in [2.05, 4.69) is 0 Å². The molecule has 6 heteroatoms. The Morgan fingerprint density at radius 1 is 1.58 bits per heavy atom. The number of β-amino-alcohol motifs (C(OH)–C–C–N with tert-alkyl or cyclic N) is 1. The van der Waals surface area contributed by atoms with Crippen molar-refractivity contribution in [3.8, 4) is 6.07 Å². The Labute approximate surface area is 111 Å². The van der Waals surface area contributed by atoms with Crippen LogP contribution in [0.1, 0.15) is 18.9 Å². The fourth-order valence-corrected chi connectivity index (χ4v) is 2.25. The van der Waals surface area contributed by atoms with Gasteiger partial charge in [0.15, 0.2) is 0 Å². The quantitative estimate of drug-likeness (QED) is 0.646. The van der Waals surface area contributed by atoms with Crippen LogP contribution in [0.4, 0.5) is 11.4 Å². The minimum atomic E-state index is -0.560. The van der Waals surface area contributed by atoms with E-state index in [4.69, 9.17) is 5.26 Å². The van der Waals surface area contributed by atoms with E-state index in [0.717, 1.165) is 18.7 Å². The average molecular weight is 261 g/mol. The Morgan fingerprint density at radius 3 is 2.89 bits per heavy atom. The van der Waals surface area contributed by atoms with Crippen LogP contribution in [-0.2, 0) is 0 Å². The topological polar surface area (TPSA) is 90.4 Å². The third-order valence-corrected chi connectivity index (χ3v) is 3.58. The highest BCUT2D eigenvalue weighted by Gasteiger charge is 2.25. The summed E-state index contributed by atoms with van der Waals surface area (Å²) in [5.74, 6) is 0.254. The van der Waals surface area contributed by atoms with Crippen LogP contribution >= 0.6 is 0 Å². The molecule has 0 amide bonds. The van der Waals surface area contributed by atoms with Gasteiger partial charge in [0, 0.05) is 24.8 Å². The van der Waals surface area contributed by atoms with Gasteiger partial charge in [-0.25, -0.2) is 0 Å². The summed E-state index contributed by atoms with van der Waals surface area (Å²) in [6.45, 7) is 3.27. The number of benzene rings is 1. The summed E-state index contributed by atoms with van der Waals surface area (Å²) >= 11 is 0. The lowest BCUT2D eigenvalue weighted by Gasteiger charge is -2.35. The van der Waals surface area contributed by atoms with Crippen molar-refractivity contribution in [1.29, 1.82) is 5.26 Å². The van der Waals surface area contributed by atoms with Gasteiger partial charge in [0.05, 0.1) is 11.0 Å². The summed E-state index contributed by atoms with van der Waals surface area (Å²) in [5.41, 5.74) is 0.612. The molecule has 2 rings (SSSR count). The van der Waals surface area contributed by atoms with E-state index in [1.165, 1.54) is 12.1 Å². The molecular weight excluding hydrogens is 246 g/mol. The van der Waals surface area contributed by atoms with Crippen LogP contribution in [0, 0.1) is 27.4 Å². The molecule has 1 heterocycles. The molecule has 1 aromatic carbocycles. The van der Waals surface area contributed by atoms with Gasteiger partial charge in [0.2, 0.25) is 0 Å². The molecule has 2 atom stereocenters. The van der Waals surface area contributed by atoms with Gasteiger partial charge in [0.25, 0.3) is 5.69 Å². The molecule has 6 nitrogen and oxygen atoms in total. The molecule has 100 valence electrons. The summed E-state index contributed by atoms with van der Waals surface area (Å²) < 4.78 is 0. The number of nitriles is 1. The molecule has 0 aliphatic carbocycles. The lowest BCUT2D eigenvalue weighted by atomic mass is 9.95. The standard InChI is InChI=1S/C13H15N3O3/c1-9-4-5-15(8-13(9)17)11-2-3-12(16(18)19)10(6-11)7-14/h2-3,6,9,13,17H,4-5,8H2,1H3/t9-,13-/m0/s1. The summed E-state index contributed by atoms with van der Waals surface area (Å²) in [5, 5.41) is 29.6. The SMILES string of the molecule is C[C@H]1CCN(c2ccc([N+](=O)[O-])c(C#N)c2)C[C@@H]1O. The number of hydrogen-bond donors (Lipinski definition) is 1. The fraction of sp³-hybridized carbons (Fsp3) is 0.462. The second-order valence-corrected chi connectivity index (χ2v) is 4.85.